The number of rotatable bonds is 10. The Labute approximate surface area is 182 Å². The normalized spacial score (nSPS) is 20.8. The highest BCUT2D eigenvalue weighted by atomic mass is 32.2. The van der Waals surface area contributed by atoms with Gasteiger partial charge >= 0.3 is 6.18 Å². The molecule has 1 saturated carbocycles. The summed E-state index contributed by atoms with van der Waals surface area (Å²) in [5.74, 6) is 0.741. The van der Waals surface area contributed by atoms with Gasteiger partial charge in [-0.2, -0.15) is 21.6 Å². The lowest BCUT2D eigenvalue weighted by atomic mass is 9.80. The molecule has 0 N–H and O–H groups in total. The summed E-state index contributed by atoms with van der Waals surface area (Å²) in [6.45, 7) is 0.527. The zero-order valence-electron chi connectivity index (χ0n) is 17.8. The summed E-state index contributed by atoms with van der Waals surface area (Å²) in [5.41, 5.74) is -0.879. The first-order valence-electron chi connectivity index (χ1n) is 10.3. The van der Waals surface area contributed by atoms with Crippen molar-refractivity contribution in [3.8, 4) is 0 Å². The van der Waals surface area contributed by atoms with E-state index in [1.54, 1.807) is 0 Å². The van der Waals surface area contributed by atoms with E-state index in [1.807, 2.05) is 0 Å². The van der Waals surface area contributed by atoms with Crippen LogP contribution in [0.2, 0.25) is 0 Å². The van der Waals surface area contributed by atoms with E-state index < -0.39 is 31.9 Å². The lowest BCUT2D eigenvalue weighted by Crippen LogP contribution is -2.33. The first kappa shape index (κ1) is 26.1. The SMILES string of the molecule is CN(CC1CCC(CCCCOS(C)(=O)=O)CC1)S(=O)(=O)c1ccc(C(F)(F)F)cc1. The van der Waals surface area contributed by atoms with Crippen LogP contribution in [-0.2, 0) is 30.5 Å². The number of benzene rings is 1. The molecule has 1 fully saturated rings. The Kier molecular flexibility index (Phi) is 8.95. The summed E-state index contributed by atoms with van der Waals surface area (Å²) in [6.07, 6.45) is 2.80. The van der Waals surface area contributed by atoms with E-state index in [2.05, 4.69) is 0 Å². The largest absolute Gasteiger partial charge is 0.416 e. The quantitative estimate of drug-likeness (QED) is 0.365. The van der Waals surface area contributed by atoms with Gasteiger partial charge in [0.15, 0.2) is 0 Å². The maximum absolute atomic E-state index is 12.7. The van der Waals surface area contributed by atoms with Gasteiger partial charge in [0.05, 0.1) is 23.3 Å². The molecule has 0 unspecified atom stereocenters. The number of sulfonamides is 1. The number of hydrogen-bond acceptors (Lipinski definition) is 5. The molecular weight excluding hydrogens is 455 g/mol. The Bertz CT molecular complexity index is 907. The van der Waals surface area contributed by atoms with Crippen molar-refractivity contribution >= 4 is 20.1 Å². The Morgan fingerprint density at radius 2 is 1.52 bits per heavy atom. The third kappa shape index (κ3) is 8.36. The van der Waals surface area contributed by atoms with Gasteiger partial charge in [0.1, 0.15) is 0 Å². The van der Waals surface area contributed by atoms with Crippen molar-refractivity contribution in [2.75, 3.05) is 26.5 Å². The van der Waals surface area contributed by atoms with Gasteiger partial charge in [-0.3, -0.25) is 4.18 Å². The molecule has 0 heterocycles. The van der Waals surface area contributed by atoms with Crippen molar-refractivity contribution in [1.29, 1.82) is 0 Å². The molecule has 31 heavy (non-hydrogen) atoms. The second-order valence-electron chi connectivity index (χ2n) is 8.22. The molecule has 0 amide bonds. The number of halogens is 3. The molecule has 178 valence electrons. The second-order valence-corrected chi connectivity index (χ2v) is 11.9. The highest BCUT2D eigenvalue weighted by Crippen LogP contribution is 2.33. The zero-order chi connectivity index (χ0) is 23.3. The standard InChI is InChI=1S/C20H30F3NO5S2/c1-24(31(27,28)19-12-10-18(11-13-19)20(21,22)23)15-17-8-6-16(7-9-17)5-3-4-14-29-30(2,25)26/h10-13,16-17H,3-9,14-15H2,1-2H3. The smallest absolute Gasteiger partial charge is 0.270 e. The van der Waals surface area contributed by atoms with Crippen LogP contribution in [-0.4, -0.2) is 47.6 Å². The van der Waals surface area contributed by atoms with Gasteiger partial charge in [-0.15, -0.1) is 0 Å². The first-order chi connectivity index (χ1) is 14.3. The van der Waals surface area contributed by atoms with E-state index in [1.165, 1.54) is 11.4 Å². The fraction of sp³-hybridized carbons (Fsp3) is 0.700. The molecule has 1 aliphatic carbocycles. The van der Waals surface area contributed by atoms with Crippen LogP contribution in [0, 0.1) is 11.8 Å². The van der Waals surface area contributed by atoms with E-state index in [0.717, 1.165) is 69.0 Å². The van der Waals surface area contributed by atoms with Gasteiger partial charge < -0.3 is 0 Å². The molecule has 11 heteroatoms. The maximum atomic E-state index is 12.7. The van der Waals surface area contributed by atoms with Gasteiger partial charge in [-0.1, -0.05) is 25.7 Å². The average molecular weight is 486 g/mol. The van der Waals surface area contributed by atoms with Crippen LogP contribution in [0.3, 0.4) is 0 Å². The summed E-state index contributed by atoms with van der Waals surface area (Å²) < 4.78 is 91.2. The summed E-state index contributed by atoms with van der Waals surface area (Å²) in [4.78, 5) is -0.145. The average Bonchev–Trinajstić information content (AvgIpc) is 2.67. The minimum absolute atomic E-state index is 0.145. The molecule has 0 spiro atoms. The highest BCUT2D eigenvalue weighted by Gasteiger charge is 2.32. The van der Waals surface area contributed by atoms with E-state index in [4.69, 9.17) is 4.18 Å². The van der Waals surface area contributed by atoms with Crippen LogP contribution in [0.25, 0.3) is 0 Å². The van der Waals surface area contributed by atoms with Crippen LogP contribution in [0.1, 0.15) is 50.5 Å². The number of nitrogens with zero attached hydrogens (tertiary/aromatic N) is 1. The number of unbranched alkanes of at least 4 members (excludes halogenated alkanes) is 1. The summed E-state index contributed by atoms with van der Waals surface area (Å²) >= 11 is 0. The molecule has 0 atom stereocenters. The molecule has 1 aliphatic rings. The van der Waals surface area contributed by atoms with Crippen LogP contribution < -0.4 is 0 Å². The second kappa shape index (κ2) is 10.6. The number of hydrogen-bond donors (Lipinski definition) is 0. The van der Waals surface area contributed by atoms with Gasteiger partial charge in [0, 0.05) is 13.6 Å². The molecule has 0 saturated heterocycles. The lowest BCUT2D eigenvalue weighted by molar-refractivity contribution is -0.137. The fourth-order valence-electron chi connectivity index (χ4n) is 3.91. The van der Waals surface area contributed by atoms with Crippen LogP contribution >= 0.6 is 0 Å². The minimum atomic E-state index is -4.51. The van der Waals surface area contributed by atoms with Crippen LogP contribution in [0.15, 0.2) is 29.2 Å². The molecule has 1 aromatic carbocycles. The third-order valence-corrected chi connectivity index (χ3v) is 8.11. The van der Waals surface area contributed by atoms with Crippen molar-refractivity contribution in [2.24, 2.45) is 11.8 Å². The summed E-state index contributed by atoms with van der Waals surface area (Å²) in [7, 11) is -5.78. The van der Waals surface area contributed by atoms with Crippen molar-refractivity contribution in [1.82, 2.24) is 4.31 Å². The molecule has 1 aromatic rings. The van der Waals surface area contributed by atoms with Crippen molar-refractivity contribution in [3.05, 3.63) is 29.8 Å². The predicted octanol–water partition coefficient (Wildman–Crippen LogP) is 4.28. The monoisotopic (exact) mass is 485 g/mol. The van der Waals surface area contributed by atoms with Crippen molar-refractivity contribution < 1.29 is 34.2 Å². The molecule has 2 rings (SSSR count). The van der Waals surface area contributed by atoms with E-state index in [0.29, 0.717) is 18.9 Å². The molecule has 0 radical (unpaired) electrons. The van der Waals surface area contributed by atoms with Crippen LogP contribution in [0.5, 0.6) is 0 Å². The lowest BCUT2D eigenvalue weighted by Gasteiger charge is -2.31. The van der Waals surface area contributed by atoms with Gasteiger partial charge in [0.25, 0.3) is 10.1 Å². The summed E-state index contributed by atoms with van der Waals surface area (Å²) in [5, 5.41) is 0. The Hall–Kier alpha value is -1.17. The van der Waals surface area contributed by atoms with Gasteiger partial charge in [0.2, 0.25) is 10.0 Å². The third-order valence-electron chi connectivity index (χ3n) is 5.68. The van der Waals surface area contributed by atoms with E-state index >= 15 is 0 Å². The van der Waals surface area contributed by atoms with Crippen molar-refractivity contribution in [2.45, 2.75) is 56.0 Å². The fourth-order valence-corrected chi connectivity index (χ4v) is 5.57. The topological polar surface area (TPSA) is 80.8 Å². The minimum Gasteiger partial charge on any atom is -0.270 e. The zero-order valence-corrected chi connectivity index (χ0v) is 19.4. The molecule has 0 aliphatic heterocycles. The van der Waals surface area contributed by atoms with Crippen molar-refractivity contribution in [3.63, 3.8) is 0 Å². The molecular formula is C20H30F3NO5S2. The maximum Gasteiger partial charge on any atom is 0.416 e. The Morgan fingerprint density at radius 3 is 2.03 bits per heavy atom. The highest BCUT2D eigenvalue weighted by molar-refractivity contribution is 7.89. The van der Waals surface area contributed by atoms with Crippen LogP contribution in [0.4, 0.5) is 13.2 Å². The predicted molar refractivity (Wildman–Crippen MR) is 111 cm³/mol. The van der Waals surface area contributed by atoms with Gasteiger partial charge in [-0.25, -0.2) is 12.7 Å². The Balaban J connectivity index is 1.78. The first-order valence-corrected chi connectivity index (χ1v) is 13.5. The van der Waals surface area contributed by atoms with Gasteiger partial charge in [-0.05, 0) is 55.4 Å². The van der Waals surface area contributed by atoms with E-state index in [-0.39, 0.29) is 17.4 Å². The molecule has 0 aromatic heterocycles. The summed E-state index contributed by atoms with van der Waals surface area (Å²) in [6, 6.07) is 3.57. The Morgan fingerprint density at radius 1 is 0.968 bits per heavy atom. The number of alkyl halides is 3. The molecule has 0 bridgehead atoms. The van der Waals surface area contributed by atoms with E-state index in [9.17, 15) is 30.0 Å². The molecule has 6 nitrogen and oxygen atoms in total.